The zero-order valence-corrected chi connectivity index (χ0v) is 9.17. The quantitative estimate of drug-likeness (QED) is 0.644. The van der Waals surface area contributed by atoms with E-state index >= 15 is 0 Å². The molecule has 0 radical (unpaired) electrons. The second-order valence-corrected chi connectivity index (χ2v) is 11.2. The Morgan fingerprint density at radius 3 is 2.46 bits per heavy atom. The summed E-state index contributed by atoms with van der Waals surface area (Å²) in [4.78, 5) is 0. The zero-order chi connectivity index (χ0) is 9.71. The molecule has 0 fully saturated rings. The van der Waals surface area contributed by atoms with E-state index in [4.69, 9.17) is 42.8 Å². The molecular formula is C6H3Cl3FO2P. The number of hydrogen-bond donors (Lipinski definition) is 0. The first-order chi connectivity index (χ1) is 5.85. The summed E-state index contributed by atoms with van der Waals surface area (Å²) in [5.74, 6) is -0.621. The number of hydrogen-bond acceptors (Lipinski definition) is 2. The van der Waals surface area contributed by atoms with E-state index in [1.54, 1.807) is 0 Å². The summed E-state index contributed by atoms with van der Waals surface area (Å²) in [6.45, 7) is 0. The second-order valence-electron chi connectivity index (χ2n) is 2.43. The van der Waals surface area contributed by atoms with E-state index in [9.17, 15) is 4.39 Å². The van der Waals surface area contributed by atoms with E-state index in [1.165, 1.54) is 18.2 Å². The molecule has 0 saturated carbocycles. The van der Waals surface area contributed by atoms with Crippen molar-refractivity contribution in [3.8, 4) is 11.5 Å². The van der Waals surface area contributed by atoms with Crippen LogP contribution in [0.5, 0.6) is 11.5 Å². The Morgan fingerprint density at radius 1 is 1.15 bits per heavy atom. The molecule has 0 atom stereocenters. The Labute approximate surface area is 87.9 Å². The molecule has 13 heavy (non-hydrogen) atoms. The van der Waals surface area contributed by atoms with Crippen molar-refractivity contribution in [2.75, 3.05) is 0 Å². The average Bonchev–Trinajstić information content (AvgIpc) is 2.20. The van der Waals surface area contributed by atoms with E-state index in [0.29, 0.717) is 0 Å². The normalized spacial score (nSPS) is 24.8. The van der Waals surface area contributed by atoms with Crippen molar-refractivity contribution in [3.63, 3.8) is 0 Å². The van der Waals surface area contributed by atoms with Crippen LogP contribution in [0.3, 0.4) is 0 Å². The van der Waals surface area contributed by atoms with Gasteiger partial charge in [0.2, 0.25) is 0 Å². The Morgan fingerprint density at radius 2 is 1.85 bits per heavy atom. The Kier molecular flexibility index (Phi) is 1.88. The first-order valence-electron chi connectivity index (χ1n) is 3.21. The average molecular weight is 263 g/mol. The molecule has 1 aromatic rings. The van der Waals surface area contributed by atoms with Crippen LogP contribution in [0.1, 0.15) is 0 Å². The van der Waals surface area contributed by atoms with E-state index < -0.39 is 10.9 Å². The predicted molar refractivity (Wildman–Crippen MR) is 52.1 cm³/mol. The van der Waals surface area contributed by atoms with Crippen LogP contribution in [0.15, 0.2) is 18.2 Å². The van der Waals surface area contributed by atoms with Crippen LogP contribution in [0.4, 0.5) is 4.39 Å². The van der Waals surface area contributed by atoms with Crippen LogP contribution in [-0.4, -0.2) is 0 Å². The molecular weight excluding hydrogens is 260 g/mol. The number of halogens is 4. The summed E-state index contributed by atoms with van der Waals surface area (Å²) in [5, 5.41) is -4.16. The van der Waals surface area contributed by atoms with E-state index in [0.717, 1.165) is 0 Å². The number of para-hydroxylation sites is 1. The van der Waals surface area contributed by atoms with Gasteiger partial charge in [-0.1, -0.05) is 0 Å². The van der Waals surface area contributed by atoms with Crippen molar-refractivity contribution in [1.29, 1.82) is 0 Å². The minimum atomic E-state index is -4.16. The summed E-state index contributed by atoms with van der Waals surface area (Å²) in [7, 11) is 0. The molecule has 0 aromatic heterocycles. The third-order valence-corrected chi connectivity index (χ3v) is 3.59. The van der Waals surface area contributed by atoms with Gasteiger partial charge in [-0.3, -0.25) is 0 Å². The monoisotopic (exact) mass is 262 g/mol. The van der Waals surface area contributed by atoms with Crippen molar-refractivity contribution in [2.24, 2.45) is 0 Å². The molecule has 0 bridgehead atoms. The van der Waals surface area contributed by atoms with Gasteiger partial charge in [0.15, 0.2) is 0 Å². The van der Waals surface area contributed by atoms with Crippen LogP contribution in [0, 0.1) is 5.82 Å². The standard InChI is InChI=1S/C6H3Cl3FO2P/c7-13(8,9)11-5-3-1-2-4(10)6(5)12-13/h1-3H. The third kappa shape index (κ3) is 1.79. The maximum absolute atomic E-state index is 13.0. The van der Waals surface area contributed by atoms with Crippen molar-refractivity contribution in [2.45, 2.75) is 0 Å². The molecule has 0 unspecified atom stereocenters. The Bertz CT molecular complexity index is 376. The van der Waals surface area contributed by atoms with Crippen molar-refractivity contribution in [1.82, 2.24) is 0 Å². The third-order valence-electron chi connectivity index (χ3n) is 1.40. The molecule has 1 heterocycles. The van der Waals surface area contributed by atoms with Crippen LogP contribution in [-0.2, 0) is 0 Å². The fourth-order valence-corrected chi connectivity index (χ4v) is 3.19. The van der Waals surface area contributed by atoms with Gasteiger partial charge in [0.25, 0.3) is 0 Å². The second kappa shape index (κ2) is 2.54. The summed E-state index contributed by atoms with van der Waals surface area (Å²) in [6, 6.07) is 4.12. The number of fused-ring (bicyclic) bond motifs is 1. The Hall–Kier alpha value is 0.0500. The van der Waals surface area contributed by atoms with E-state index in [2.05, 4.69) is 0 Å². The number of rotatable bonds is 0. The molecule has 0 N–H and O–H groups in total. The molecule has 1 aliphatic heterocycles. The first kappa shape index (κ1) is 9.60. The summed E-state index contributed by atoms with van der Waals surface area (Å²) >= 11 is 16.8. The van der Waals surface area contributed by atoms with Gasteiger partial charge < -0.3 is 0 Å². The van der Waals surface area contributed by atoms with Gasteiger partial charge in [-0.25, -0.2) is 0 Å². The summed E-state index contributed by atoms with van der Waals surface area (Å²) in [5.41, 5.74) is 0. The van der Waals surface area contributed by atoms with E-state index in [-0.39, 0.29) is 11.5 Å². The van der Waals surface area contributed by atoms with Gasteiger partial charge in [0.1, 0.15) is 0 Å². The topological polar surface area (TPSA) is 18.5 Å². The molecule has 0 aliphatic carbocycles. The van der Waals surface area contributed by atoms with Crippen molar-refractivity contribution >= 4 is 38.8 Å². The van der Waals surface area contributed by atoms with Gasteiger partial charge in [-0.05, 0) is 0 Å². The molecule has 2 rings (SSSR count). The van der Waals surface area contributed by atoms with Crippen LogP contribution in [0.2, 0.25) is 0 Å². The van der Waals surface area contributed by atoms with Crippen molar-refractivity contribution < 1.29 is 13.4 Å². The van der Waals surface area contributed by atoms with Gasteiger partial charge in [-0.15, -0.1) is 0 Å². The van der Waals surface area contributed by atoms with Gasteiger partial charge >= 0.3 is 87.8 Å². The molecule has 7 heteroatoms. The molecule has 0 spiro atoms. The molecule has 0 saturated heterocycles. The van der Waals surface area contributed by atoms with Crippen LogP contribution >= 0.6 is 38.8 Å². The molecule has 0 amide bonds. The zero-order valence-electron chi connectivity index (χ0n) is 6.01. The molecule has 72 valence electrons. The molecule has 1 aromatic carbocycles. The predicted octanol–water partition coefficient (Wildman–Crippen LogP) is 4.44. The summed E-state index contributed by atoms with van der Waals surface area (Å²) in [6.07, 6.45) is 0. The summed E-state index contributed by atoms with van der Waals surface area (Å²) < 4.78 is 22.8. The fourth-order valence-electron chi connectivity index (χ4n) is 0.961. The SMILES string of the molecule is Fc1cccc2c1OP(Cl)(Cl)(Cl)O2. The van der Waals surface area contributed by atoms with Crippen molar-refractivity contribution in [3.05, 3.63) is 24.0 Å². The fraction of sp³-hybridized carbons (Fsp3) is 0. The Balaban J connectivity index is 2.53. The van der Waals surface area contributed by atoms with Crippen LogP contribution in [0.25, 0.3) is 0 Å². The van der Waals surface area contributed by atoms with Gasteiger partial charge in [-0.2, -0.15) is 0 Å². The molecule has 1 aliphatic rings. The first-order valence-corrected chi connectivity index (χ1v) is 8.00. The molecule has 2 nitrogen and oxygen atoms in total. The van der Waals surface area contributed by atoms with Gasteiger partial charge in [0, 0.05) is 0 Å². The minimum absolute atomic E-state index is 0.123. The van der Waals surface area contributed by atoms with E-state index in [1.807, 2.05) is 0 Å². The van der Waals surface area contributed by atoms with Crippen LogP contribution < -0.4 is 9.05 Å². The maximum atomic E-state index is 13.0. The number of benzene rings is 1. The van der Waals surface area contributed by atoms with Gasteiger partial charge in [0.05, 0.1) is 0 Å².